The van der Waals surface area contributed by atoms with E-state index < -0.39 is 0 Å². The quantitative estimate of drug-likeness (QED) is 0.539. The van der Waals surface area contributed by atoms with Crippen LogP contribution >= 0.6 is 0 Å². The van der Waals surface area contributed by atoms with Gasteiger partial charge in [-0.15, -0.1) is 0 Å². The summed E-state index contributed by atoms with van der Waals surface area (Å²) in [6.45, 7) is -0.0000421. The van der Waals surface area contributed by atoms with Crippen LogP contribution in [0, 0.1) is 0 Å². The summed E-state index contributed by atoms with van der Waals surface area (Å²) in [6, 6.07) is 22.0. The maximum absolute atomic E-state index is 12.5. The van der Waals surface area contributed by atoms with Crippen LogP contribution in [0.3, 0.4) is 0 Å². The van der Waals surface area contributed by atoms with Crippen molar-refractivity contribution < 1.29 is 13.9 Å². The summed E-state index contributed by atoms with van der Waals surface area (Å²) in [7, 11) is 0. The minimum absolute atomic E-state index is 0.0000421. The van der Waals surface area contributed by atoms with Gasteiger partial charge in [0.25, 0.3) is 5.91 Å². The van der Waals surface area contributed by atoms with Gasteiger partial charge in [-0.1, -0.05) is 42.5 Å². The molecule has 4 nitrogen and oxygen atoms in total. The van der Waals surface area contributed by atoms with E-state index in [0.717, 1.165) is 41.2 Å². The average molecular weight is 371 g/mol. The molecule has 0 radical (unpaired) electrons. The van der Waals surface area contributed by atoms with Gasteiger partial charge >= 0.3 is 0 Å². The molecule has 0 aliphatic heterocycles. The molecule has 1 amide bonds. The molecule has 5 rings (SSSR count). The van der Waals surface area contributed by atoms with E-state index in [9.17, 15) is 4.79 Å². The van der Waals surface area contributed by atoms with E-state index in [1.54, 1.807) is 0 Å². The molecule has 28 heavy (non-hydrogen) atoms. The Balaban J connectivity index is 1.29. The van der Waals surface area contributed by atoms with Gasteiger partial charge in [0.1, 0.15) is 16.9 Å². The average Bonchev–Trinajstić information content (AvgIpc) is 3.10. The van der Waals surface area contributed by atoms with E-state index >= 15 is 0 Å². The molecule has 140 valence electrons. The molecule has 1 aliphatic carbocycles. The highest BCUT2D eigenvalue weighted by Crippen LogP contribution is 2.31. The first-order valence-corrected chi connectivity index (χ1v) is 9.69. The highest BCUT2D eigenvalue weighted by atomic mass is 16.5. The van der Waals surface area contributed by atoms with Crippen LogP contribution in [-0.4, -0.2) is 12.5 Å². The van der Waals surface area contributed by atoms with Gasteiger partial charge in [-0.2, -0.15) is 0 Å². The maximum atomic E-state index is 12.5. The normalized spacial score (nSPS) is 16.1. The minimum atomic E-state index is -0.0983. The molecule has 0 fully saturated rings. The zero-order chi connectivity index (χ0) is 18.9. The number of amides is 1. The Hall–Kier alpha value is -3.27. The molecule has 1 N–H and O–H groups in total. The van der Waals surface area contributed by atoms with Gasteiger partial charge in [-0.25, -0.2) is 0 Å². The molecule has 0 bridgehead atoms. The van der Waals surface area contributed by atoms with E-state index in [1.807, 2.05) is 48.5 Å². The Bertz CT molecular complexity index is 1160. The number of fused-ring (bicyclic) bond motifs is 4. The Morgan fingerprint density at radius 2 is 1.82 bits per heavy atom. The number of rotatable bonds is 4. The smallest absolute Gasteiger partial charge is 0.258 e. The summed E-state index contributed by atoms with van der Waals surface area (Å²) in [5.41, 5.74) is 4.23. The van der Waals surface area contributed by atoms with Crippen molar-refractivity contribution in [1.82, 2.24) is 5.32 Å². The summed E-state index contributed by atoms with van der Waals surface area (Å²) < 4.78 is 11.6. The van der Waals surface area contributed by atoms with Crippen molar-refractivity contribution in [3.63, 3.8) is 0 Å². The van der Waals surface area contributed by atoms with E-state index in [1.165, 1.54) is 11.1 Å². The molecule has 0 saturated heterocycles. The van der Waals surface area contributed by atoms with Crippen LogP contribution in [0.15, 0.2) is 71.1 Å². The second-order valence-electron chi connectivity index (χ2n) is 7.26. The van der Waals surface area contributed by atoms with Crippen LogP contribution in [-0.2, 0) is 11.2 Å². The summed E-state index contributed by atoms with van der Waals surface area (Å²) in [5.74, 6) is 0.567. The van der Waals surface area contributed by atoms with Gasteiger partial charge in [0.15, 0.2) is 6.61 Å². The van der Waals surface area contributed by atoms with Crippen molar-refractivity contribution in [3.8, 4) is 5.75 Å². The van der Waals surface area contributed by atoms with Gasteiger partial charge in [0, 0.05) is 10.8 Å². The van der Waals surface area contributed by atoms with Crippen molar-refractivity contribution in [1.29, 1.82) is 0 Å². The lowest BCUT2D eigenvalue weighted by molar-refractivity contribution is -0.123. The van der Waals surface area contributed by atoms with Gasteiger partial charge in [0.2, 0.25) is 0 Å². The molecule has 0 spiro atoms. The SMILES string of the molecule is O=C(COc1ccc2oc3ccccc3c2c1)N[C@H]1CCCc2ccccc21. The number of carbonyl (C=O) groups is 1. The van der Waals surface area contributed by atoms with Crippen molar-refractivity contribution >= 4 is 27.8 Å². The van der Waals surface area contributed by atoms with E-state index in [2.05, 4.69) is 23.5 Å². The fourth-order valence-electron chi connectivity index (χ4n) is 4.08. The van der Waals surface area contributed by atoms with Gasteiger partial charge in [-0.05, 0) is 54.7 Å². The van der Waals surface area contributed by atoms with Gasteiger partial charge in [-0.3, -0.25) is 4.79 Å². The van der Waals surface area contributed by atoms with Crippen LogP contribution in [0.2, 0.25) is 0 Å². The predicted octanol–water partition coefficient (Wildman–Crippen LogP) is 5.16. The van der Waals surface area contributed by atoms with E-state index in [-0.39, 0.29) is 18.6 Å². The third-order valence-corrected chi connectivity index (χ3v) is 5.42. The first kappa shape index (κ1) is 16.9. The number of furan rings is 1. The molecule has 1 heterocycles. The standard InChI is InChI=1S/C24H21NO3/c26-24(25-21-10-5-7-16-6-1-2-8-18(16)21)15-27-17-12-13-23-20(14-17)19-9-3-4-11-22(19)28-23/h1-4,6,8-9,11-14,21H,5,7,10,15H2,(H,25,26)/t21-/m0/s1. The molecule has 1 aliphatic rings. The van der Waals surface area contributed by atoms with Gasteiger partial charge in [0.05, 0.1) is 6.04 Å². The summed E-state index contributed by atoms with van der Waals surface area (Å²) in [5, 5.41) is 5.17. The Morgan fingerprint density at radius 3 is 2.79 bits per heavy atom. The van der Waals surface area contributed by atoms with E-state index in [0.29, 0.717) is 5.75 Å². The van der Waals surface area contributed by atoms with Crippen molar-refractivity contribution in [3.05, 3.63) is 77.9 Å². The van der Waals surface area contributed by atoms with Crippen LogP contribution in [0.5, 0.6) is 5.75 Å². The van der Waals surface area contributed by atoms with Crippen LogP contribution in [0.25, 0.3) is 21.9 Å². The summed E-state index contributed by atoms with van der Waals surface area (Å²) >= 11 is 0. The lowest BCUT2D eigenvalue weighted by Gasteiger charge is -2.26. The van der Waals surface area contributed by atoms with E-state index in [4.69, 9.17) is 9.15 Å². The lowest BCUT2D eigenvalue weighted by atomic mass is 9.88. The molecular weight excluding hydrogens is 350 g/mol. The third-order valence-electron chi connectivity index (χ3n) is 5.42. The highest BCUT2D eigenvalue weighted by Gasteiger charge is 2.21. The zero-order valence-corrected chi connectivity index (χ0v) is 15.5. The Morgan fingerprint density at radius 1 is 1.00 bits per heavy atom. The molecule has 4 aromatic rings. The molecule has 1 atom stereocenters. The number of para-hydroxylation sites is 1. The maximum Gasteiger partial charge on any atom is 0.258 e. The summed E-state index contributed by atoms with van der Waals surface area (Å²) in [6.07, 6.45) is 3.14. The number of ether oxygens (including phenoxy) is 1. The third kappa shape index (κ3) is 3.11. The minimum Gasteiger partial charge on any atom is -0.484 e. The van der Waals surface area contributed by atoms with Crippen molar-refractivity contribution in [2.24, 2.45) is 0 Å². The topological polar surface area (TPSA) is 51.5 Å². The number of benzene rings is 3. The monoisotopic (exact) mass is 371 g/mol. The zero-order valence-electron chi connectivity index (χ0n) is 15.5. The lowest BCUT2D eigenvalue weighted by Crippen LogP contribution is -2.34. The Labute approximate surface area is 163 Å². The Kier molecular flexibility index (Phi) is 4.24. The first-order valence-electron chi connectivity index (χ1n) is 9.69. The molecule has 3 aromatic carbocycles. The first-order chi connectivity index (χ1) is 13.8. The second kappa shape index (κ2) is 7.04. The number of carbonyl (C=O) groups excluding carboxylic acids is 1. The fourth-order valence-corrected chi connectivity index (χ4v) is 4.08. The van der Waals surface area contributed by atoms with Crippen LogP contribution in [0.1, 0.15) is 30.0 Å². The van der Waals surface area contributed by atoms with Crippen LogP contribution in [0.4, 0.5) is 0 Å². The second-order valence-corrected chi connectivity index (χ2v) is 7.26. The molecule has 0 saturated carbocycles. The summed E-state index contributed by atoms with van der Waals surface area (Å²) in [4.78, 5) is 12.5. The molecular formula is C24H21NO3. The number of hydrogen-bond donors (Lipinski definition) is 1. The van der Waals surface area contributed by atoms with Crippen molar-refractivity contribution in [2.45, 2.75) is 25.3 Å². The number of aryl methyl sites for hydroxylation is 1. The number of hydrogen-bond acceptors (Lipinski definition) is 3. The fraction of sp³-hybridized carbons (Fsp3) is 0.208. The predicted molar refractivity (Wildman–Crippen MR) is 109 cm³/mol. The molecule has 0 unspecified atom stereocenters. The van der Waals surface area contributed by atoms with Crippen LogP contribution < -0.4 is 10.1 Å². The highest BCUT2D eigenvalue weighted by molar-refractivity contribution is 6.05. The number of nitrogens with one attached hydrogen (secondary N) is 1. The largest absolute Gasteiger partial charge is 0.484 e. The van der Waals surface area contributed by atoms with Gasteiger partial charge < -0.3 is 14.5 Å². The van der Waals surface area contributed by atoms with Crippen molar-refractivity contribution in [2.75, 3.05) is 6.61 Å². The molecule has 4 heteroatoms. The molecule has 1 aromatic heterocycles.